The van der Waals surface area contributed by atoms with Crippen LogP contribution < -0.4 is 10.2 Å². The van der Waals surface area contributed by atoms with E-state index in [1.165, 1.54) is 0 Å². The lowest BCUT2D eigenvalue weighted by atomic mass is 10.2. The van der Waals surface area contributed by atoms with Gasteiger partial charge in [-0.1, -0.05) is 6.92 Å². The molecule has 0 aromatic carbocycles. The molecule has 1 aromatic rings. The second-order valence-electron chi connectivity index (χ2n) is 5.59. The average molecular weight is 345 g/mol. The molecule has 1 aliphatic heterocycles. The topological polar surface area (TPSA) is 61.4 Å². The fraction of sp³-hybridized carbons (Fsp3) is 0.667. The Balaban J connectivity index is 1.81. The Morgan fingerprint density at radius 1 is 1.21 bits per heavy atom. The first-order valence-electron chi connectivity index (χ1n) is 8.04. The Bertz CT molecular complexity index is 527. The standard InChI is InChI=1S/C15H22F3N5O/c1-2-19-5-3-4-13(24)22-6-8-23(9-7-22)14-20-10-12(11-21-14)15(16,17)18/h10-11,19H,2-9H2,1H3. The second kappa shape index (κ2) is 8.27. The van der Waals surface area contributed by atoms with E-state index in [9.17, 15) is 18.0 Å². The number of nitrogens with zero attached hydrogens (tertiary/aromatic N) is 4. The minimum Gasteiger partial charge on any atom is -0.339 e. The molecule has 0 atom stereocenters. The lowest BCUT2D eigenvalue weighted by Gasteiger charge is -2.34. The van der Waals surface area contributed by atoms with Crippen molar-refractivity contribution in [1.82, 2.24) is 20.2 Å². The first kappa shape index (κ1) is 18.4. The van der Waals surface area contributed by atoms with Crippen molar-refractivity contribution < 1.29 is 18.0 Å². The van der Waals surface area contributed by atoms with Crippen LogP contribution in [0.4, 0.5) is 19.1 Å². The first-order chi connectivity index (χ1) is 11.4. The zero-order chi connectivity index (χ0) is 17.6. The summed E-state index contributed by atoms with van der Waals surface area (Å²) in [4.78, 5) is 23.2. The summed E-state index contributed by atoms with van der Waals surface area (Å²) in [7, 11) is 0. The molecule has 0 aliphatic carbocycles. The van der Waals surface area contributed by atoms with Crippen LogP contribution in [0.3, 0.4) is 0 Å². The highest BCUT2D eigenvalue weighted by Gasteiger charge is 2.32. The van der Waals surface area contributed by atoms with Gasteiger partial charge in [0.05, 0.1) is 5.56 Å². The molecule has 1 fully saturated rings. The predicted molar refractivity (Wildman–Crippen MR) is 83.6 cm³/mol. The van der Waals surface area contributed by atoms with Gasteiger partial charge in [0.25, 0.3) is 0 Å². The number of carbonyl (C=O) groups is 1. The van der Waals surface area contributed by atoms with Gasteiger partial charge in [0.15, 0.2) is 0 Å². The highest BCUT2D eigenvalue weighted by Crippen LogP contribution is 2.28. The van der Waals surface area contributed by atoms with Crippen LogP contribution in [0, 0.1) is 0 Å². The minimum absolute atomic E-state index is 0.112. The molecule has 24 heavy (non-hydrogen) atoms. The van der Waals surface area contributed by atoms with Gasteiger partial charge in [0, 0.05) is 45.0 Å². The van der Waals surface area contributed by atoms with Crippen molar-refractivity contribution >= 4 is 11.9 Å². The summed E-state index contributed by atoms with van der Waals surface area (Å²) < 4.78 is 37.5. The maximum Gasteiger partial charge on any atom is 0.419 e. The van der Waals surface area contributed by atoms with Crippen LogP contribution in [0.15, 0.2) is 12.4 Å². The monoisotopic (exact) mass is 345 g/mol. The molecule has 9 heteroatoms. The van der Waals surface area contributed by atoms with E-state index in [-0.39, 0.29) is 11.9 Å². The molecule has 0 spiro atoms. The van der Waals surface area contributed by atoms with E-state index in [1.807, 2.05) is 6.92 Å². The molecule has 0 unspecified atom stereocenters. The van der Waals surface area contributed by atoms with Crippen LogP contribution in [-0.2, 0) is 11.0 Å². The number of carbonyl (C=O) groups excluding carboxylic acids is 1. The SMILES string of the molecule is CCNCCCC(=O)N1CCN(c2ncc(C(F)(F)F)cn2)CC1. The molecule has 0 saturated carbocycles. The molecular weight excluding hydrogens is 323 g/mol. The average Bonchev–Trinajstić information content (AvgIpc) is 2.58. The molecule has 1 N–H and O–H groups in total. The summed E-state index contributed by atoms with van der Waals surface area (Å²) in [6.45, 7) is 5.83. The Hall–Kier alpha value is -1.90. The summed E-state index contributed by atoms with van der Waals surface area (Å²) in [5, 5.41) is 3.17. The van der Waals surface area contributed by atoms with Crippen molar-refractivity contribution in [2.24, 2.45) is 0 Å². The second-order valence-corrected chi connectivity index (χ2v) is 5.59. The van der Waals surface area contributed by atoms with Crippen molar-refractivity contribution in [3.63, 3.8) is 0 Å². The van der Waals surface area contributed by atoms with Gasteiger partial charge < -0.3 is 15.1 Å². The Kier molecular flexibility index (Phi) is 6.36. The van der Waals surface area contributed by atoms with E-state index in [1.54, 1.807) is 9.80 Å². The third-order valence-corrected chi connectivity index (χ3v) is 3.87. The number of amides is 1. The van der Waals surface area contributed by atoms with E-state index >= 15 is 0 Å². The minimum atomic E-state index is -4.43. The van der Waals surface area contributed by atoms with Crippen LogP contribution in [-0.4, -0.2) is 60.0 Å². The van der Waals surface area contributed by atoms with Crippen molar-refractivity contribution in [3.8, 4) is 0 Å². The molecule has 0 bridgehead atoms. The third-order valence-electron chi connectivity index (χ3n) is 3.87. The number of aromatic nitrogens is 2. The summed E-state index contributed by atoms with van der Waals surface area (Å²) in [5.74, 6) is 0.378. The zero-order valence-electron chi connectivity index (χ0n) is 13.6. The number of hydrogen-bond acceptors (Lipinski definition) is 5. The van der Waals surface area contributed by atoms with Crippen molar-refractivity contribution in [2.75, 3.05) is 44.2 Å². The van der Waals surface area contributed by atoms with E-state index in [4.69, 9.17) is 0 Å². The summed E-state index contributed by atoms with van der Waals surface area (Å²) in [5.41, 5.74) is -0.860. The van der Waals surface area contributed by atoms with Gasteiger partial charge in [0.1, 0.15) is 0 Å². The van der Waals surface area contributed by atoms with Crippen LogP contribution in [0.5, 0.6) is 0 Å². The van der Waals surface area contributed by atoms with Gasteiger partial charge in [-0.3, -0.25) is 4.79 Å². The maximum absolute atomic E-state index is 12.5. The van der Waals surface area contributed by atoms with Crippen LogP contribution in [0.2, 0.25) is 0 Å². The number of nitrogens with one attached hydrogen (secondary N) is 1. The molecule has 0 radical (unpaired) electrons. The number of piperazine rings is 1. The quantitative estimate of drug-likeness (QED) is 0.793. The van der Waals surface area contributed by atoms with Crippen molar-refractivity contribution in [3.05, 3.63) is 18.0 Å². The summed E-state index contributed by atoms with van der Waals surface area (Å²) >= 11 is 0. The lowest BCUT2D eigenvalue weighted by molar-refractivity contribution is -0.138. The predicted octanol–water partition coefficient (Wildman–Crippen LogP) is 1.53. The van der Waals surface area contributed by atoms with Gasteiger partial charge in [-0.15, -0.1) is 0 Å². The molecular formula is C15H22F3N5O. The Labute approximate surface area is 139 Å². The summed E-state index contributed by atoms with van der Waals surface area (Å²) in [6, 6.07) is 0. The third kappa shape index (κ3) is 5.05. The maximum atomic E-state index is 12.5. The van der Waals surface area contributed by atoms with E-state index < -0.39 is 11.7 Å². The van der Waals surface area contributed by atoms with E-state index in [0.717, 1.165) is 31.9 Å². The first-order valence-corrected chi connectivity index (χ1v) is 8.04. The van der Waals surface area contributed by atoms with Crippen molar-refractivity contribution in [1.29, 1.82) is 0 Å². The highest BCUT2D eigenvalue weighted by atomic mass is 19.4. The number of rotatable bonds is 6. The largest absolute Gasteiger partial charge is 0.419 e. The highest BCUT2D eigenvalue weighted by molar-refractivity contribution is 5.76. The Morgan fingerprint density at radius 2 is 1.83 bits per heavy atom. The van der Waals surface area contributed by atoms with Crippen LogP contribution in [0.25, 0.3) is 0 Å². The van der Waals surface area contributed by atoms with Crippen LogP contribution in [0.1, 0.15) is 25.3 Å². The molecule has 1 saturated heterocycles. The Morgan fingerprint density at radius 3 is 2.38 bits per heavy atom. The molecule has 2 heterocycles. The number of alkyl halides is 3. The van der Waals surface area contributed by atoms with Crippen LogP contribution >= 0.6 is 0 Å². The lowest BCUT2D eigenvalue weighted by Crippen LogP contribution is -2.49. The molecule has 6 nitrogen and oxygen atoms in total. The number of halogens is 3. The van der Waals surface area contributed by atoms with Gasteiger partial charge in [-0.25, -0.2) is 9.97 Å². The molecule has 1 aromatic heterocycles. The fourth-order valence-corrected chi connectivity index (χ4v) is 2.49. The molecule has 134 valence electrons. The van der Waals surface area contributed by atoms with Gasteiger partial charge >= 0.3 is 6.18 Å². The molecule has 2 rings (SSSR count). The summed E-state index contributed by atoms with van der Waals surface area (Å²) in [6.07, 6.45) is -1.55. The molecule has 1 amide bonds. The fourth-order valence-electron chi connectivity index (χ4n) is 2.49. The number of anilines is 1. The van der Waals surface area contributed by atoms with Crippen molar-refractivity contribution in [2.45, 2.75) is 25.9 Å². The van der Waals surface area contributed by atoms with Gasteiger partial charge in [-0.05, 0) is 19.5 Å². The van der Waals surface area contributed by atoms with E-state index in [0.29, 0.717) is 32.6 Å². The normalized spacial score (nSPS) is 15.7. The number of hydrogen-bond donors (Lipinski definition) is 1. The smallest absolute Gasteiger partial charge is 0.339 e. The van der Waals surface area contributed by atoms with E-state index in [2.05, 4.69) is 15.3 Å². The molecule has 1 aliphatic rings. The zero-order valence-corrected chi connectivity index (χ0v) is 13.6. The van der Waals surface area contributed by atoms with Gasteiger partial charge in [0.2, 0.25) is 11.9 Å². The van der Waals surface area contributed by atoms with Gasteiger partial charge in [-0.2, -0.15) is 13.2 Å².